The van der Waals surface area contributed by atoms with E-state index in [0.717, 1.165) is 18.4 Å². The van der Waals surface area contributed by atoms with Gasteiger partial charge in [0.05, 0.1) is 0 Å². The fourth-order valence-corrected chi connectivity index (χ4v) is 4.24. The fraction of sp³-hybridized carbons (Fsp3) is 0.417. The molecule has 1 aliphatic heterocycles. The van der Waals surface area contributed by atoms with Crippen LogP contribution in [-0.2, 0) is 14.9 Å². The second kappa shape index (κ2) is 9.60. The van der Waals surface area contributed by atoms with Crippen molar-refractivity contribution in [2.45, 2.75) is 39.0 Å². The van der Waals surface area contributed by atoms with Crippen molar-refractivity contribution in [3.8, 4) is 0 Å². The smallest absolute Gasteiger partial charge is 0.251 e. The molecule has 0 unspecified atom stereocenters. The monoisotopic (exact) mass is 462 g/mol. The summed E-state index contributed by atoms with van der Waals surface area (Å²) in [6, 6.07) is 12.4. The van der Waals surface area contributed by atoms with E-state index in [-0.39, 0.29) is 17.2 Å². The highest BCUT2D eigenvalue weighted by atomic mass is 35.5. The van der Waals surface area contributed by atoms with Gasteiger partial charge in [0, 0.05) is 51.9 Å². The predicted octanol–water partition coefficient (Wildman–Crippen LogP) is 5.46. The minimum atomic E-state index is -0.522. The SMILES string of the molecule is CC(C)(C)C(=O)Nc1cccc(C(=O)NCC2(c3ccc(Cl)cc3Cl)CCOCC2)c1. The summed E-state index contributed by atoms with van der Waals surface area (Å²) in [5.74, 6) is -0.314. The molecule has 2 N–H and O–H groups in total. The Hall–Kier alpha value is -2.08. The average Bonchev–Trinajstić information content (AvgIpc) is 2.72. The topological polar surface area (TPSA) is 67.4 Å². The third-order valence-electron chi connectivity index (χ3n) is 5.60. The lowest BCUT2D eigenvalue weighted by Gasteiger charge is -2.38. The molecule has 0 spiro atoms. The Morgan fingerprint density at radius 2 is 1.77 bits per heavy atom. The number of carbonyl (C=O) groups excluding carboxylic acids is 2. The van der Waals surface area contributed by atoms with Crippen molar-refractivity contribution < 1.29 is 14.3 Å². The maximum atomic E-state index is 12.9. The van der Waals surface area contributed by atoms with Gasteiger partial charge in [-0.1, -0.05) is 56.1 Å². The second-order valence-electron chi connectivity index (χ2n) is 8.98. The molecular formula is C24H28Cl2N2O3. The van der Waals surface area contributed by atoms with Gasteiger partial charge in [0.2, 0.25) is 5.91 Å². The summed E-state index contributed by atoms with van der Waals surface area (Å²) in [7, 11) is 0. The van der Waals surface area contributed by atoms with Crippen molar-refractivity contribution in [1.82, 2.24) is 5.32 Å². The lowest BCUT2D eigenvalue weighted by molar-refractivity contribution is -0.123. The quantitative estimate of drug-likeness (QED) is 0.619. The summed E-state index contributed by atoms with van der Waals surface area (Å²) in [6.07, 6.45) is 1.49. The molecule has 0 saturated carbocycles. The minimum Gasteiger partial charge on any atom is -0.381 e. The van der Waals surface area contributed by atoms with Gasteiger partial charge in [-0.3, -0.25) is 9.59 Å². The highest BCUT2D eigenvalue weighted by Gasteiger charge is 2.36. The molecule has 166 valence electrons. The van der Waals surface area contributed by atoms with Crippen LogP contribution in [0, 0.1) is 5.41 Å². The van der Waals surface area contributed by atoms with Gasteiger partial charge in [-0.2, -0.15) is 0 Å². The maximum absolute atomic E-state index is 12.9. The first-order valence-electron chi connectivity index (χ1n) is 10.3. The van der Waals surface area contributed by atoms with Gasteiger partial charge in [-0.15, -0.1) is 0 Å². The van der Waals surface area contributed by atoms with Gasteiger partial charge in [0.25, 0.3) is 5.91 Å². The molecule has 2 amide bonds. The van der Waals surface area contributed by atoms with Crippen molar-refractivity contribution in [2.24, 2.45) is 5.41 Å². The Balaban J connectivity index is 1.76. The van der Waals surface area contributed by atoms with E-state index in [9.17, 15) is 9.59 Å². The molecule has 31 heavy (non-hydrogen) atoms. The zero-order valence-electron chi connectivity index (χ0n) is 18.1. The van der Waals surface area contributed by atoms with Crippen molar-refractivity contribution in [3.63, 3.8) is 0 Å². The number of rotatable bonds is 5. The highest BCUT2D eigenvalue weighted by Crippen LogP contribution is 2.39. The van der Waals surface area contributed by atoms with Crippen LogP contribution in [0.25, 0.3) is 0 Å². The zero-order valence-corrected chi connectivity index (χ0v) is 19.6. The van der Waals surface area contributed by atoms with E-state index in [2.05, 4.69) is 10.6 Å². The molecule has 0 aromatic heterocycles. The molecule has 2 aromatic carbocycles. The van der Waals surface area contributed by atoms with E-state index >= 15 is 0 Å². The summed E-state index contributed by atoms with van der Waals surface area (Å²) in [4.78, 5) is 25.2. The van der Waals surface area contributed by atoms with Crippen LogP contribution in [0.3, 0.4) is 0 Å². The van der Waals surface area contributed by atoms with Crippen molar-refractivity contribution in [3.05, 3.63) is 63.6 Å². The molecule has 0 aliphatic carbocycles. The van der Waals surface area contributed by atoms with Gasteiger partial charge >= 0.3 is 0 Å². The van der Waals surface area contributed by atoms with E-state index < -0.39 is 5.41 Å². The lowest BCUT2D eigenvalue weighted by Crippen LogP contribution is -2.44. The molecule has 0 atom stereocenters. The number of hydrogen-bond donors (Lipinski definition) is 2. The molecule has 1 heterocycles. The van der Waals surface area contributed by atoms with Crippen molar-refractivity contribution in [2.75, 3.05) is 25.1 Å². The van der Waals surface area contributed by atoms with Crippen LogP contribution < -0.4 is 10.6 Å². The number of benzene rings is 2. The van der Waals surface area contributed by atoms with Crippen LogP contribution >= 0.6 is 23.2 Å². The molecule has 1 fully saturated rings. The number of anilines is 1. The molecule has 1 aliphatic rings. The summed E-state index contributed by atoms with van der Waals surface area (Å²) >= 11 is 12.6. The molecular weight excluding hydrogens is 435 g/mol. The first kappa shape index (κ1) is 23.6. The third-order valence-corrected chi connectivity index (χ3v) is 6.15. The van der Waals surface area contributed by atoms with Gasteiger partial charge < -0.3 is 15.4 Å². The van der Waals surface area contributed by atoms with Gasteiger partial charge in [0.15, 0.2) is 0 Å². The Kier molecular flexibility index (Phi) is 7.30. The van der Waals surface area contributed by atoms with E-state index in [0.29, 0.717) is 41.1 Å². The van der Waals surface area contributed by atoms with Crippen molar-refractivity contribution in [1.29, 1.82) is 0 Å². The molecule has 3 rings (SSSR count). The van der Waals surface area contributed by atoms with E-state index in [1.165, 1.54) is 0 Å². The van der Waals surface area contributed by atoms with Crippen LogP contribution in [-0.4, -0.2) is 31.6 Å². The number of ether oxygens (including phenoxy) is 1. The Morgan fingerprint density at radius 1 is 1.06 bits per heavy atom. The van der Waals surface area contributed by atoms with Crippen molar-refractivity contribution >= 4 is 40.7 Å². The molecule has 7 heteroatoms. The minimum absolute atomic E-state index is 0.108. The van der Waals surface area contributed by atoms with E-state index in [4.69, 9.17) is 27.9 Å². The van der Waals surface area contributed by atoms with E-state index in [1.807, 2.05) is 32.9 Å². The Morgan fingerprint density at radius 3 is 2.42 bits per heavy atom. The maximum Gasteiger partial charge on any atom is 0.251 e. The van der Waals surface area contributed by atoms with Crippen LogP contribution in [0.5, 0.6) is 0 Å². The summed E-state index contributed by atoms with van der Waals surface area (Å²) in [6.45, 7) is 7.15. The second-order valence-corrected chi connectivity index (χ2v) is 9.83. The number of halogens is 2. The summed E-state index contributed by atoms with van der Waals surface area (Å²) < 4.78 is 5.56. The number of hydrogen-bond acceptors (Lipinski definition) is 3. The average molecular weight is 463 g/mol. The molecule has 1 saturated heterocycles. The lowest BCUT2D eigenvalue weighted by atomic mass is 9.74. The van der Waals surface area contributed by atoms with Gasteiger partial charge in [-0.05, 0) is 48.7 Å². The number of nitrogens with one attached hydrogen (secondary N) is 2. The first-order chi connectivity index (χ1) is 14.6. The van der Waals surface area contributed by atoms with Crippen LogP contribution in [0.2, 0.25) is 10.0 Å². The Labute approximate surface area is 193 Å². The van der Waals surface area contributed by atoms with Gasteiger partial charge in [-0.25, -0.2) is 0 Å². The molecule has 0 radical (unpaired) electrons. The largest absolute Gasteiger partial charge is 0.381 e. The number of carbonyl (C=O) groups is 2. The van der Waals surface area contributed by atoms with Crippen LogP contribution in [0.4, 0.5) is 5.69 Å². The Bertz CT molecular complexity index is 964. The zero-order chi connectivity index (χ0) is 22.6. The molecule has 5 nitrogen and oxygen atoms in total. The third kappa shape index (κ3) is 5.79. The fourth-order valence-electron chi connectivity index (χ4n) is 3.63. The van der Waals surface area contributed by atoms with E-state index in [1.54, 1.807) is 30.3 Å². The molecule has 2 aromatic rings. The predicted molar refractivity (Wildman–Crippen MR) is 125 cm³/mol. The normalized spacial score (nSPS) is 15.9. The standard InChI is InChI=1S/C24H28Cl2N2O3/c1-23(2,3)22(30)28-18-6-4-5-16(13-18)21(29)27-15-24(9-11-31-12-10-24)19-8-7-17(25)14-20(19)26/h4-8,13-14H,9-12,15H2,1-3H3,(H,27,29)(H,28,30). The van der Waals surface area contributed by atoms with Crippen LogP contribution in [0.1, 0.15) is 49.5 Å². The summed E-state index contributed by atoms with van der Waals surface area (Å²) in [5.41, 5.74) is 1.19. The number of amides is 2. The molecule has 0 bridgehead atoms. The summed E-state index contributed by atoms with van der Waals surface area (Å²) in [5, 5.41) is 7.10. The highest BCUT2D eigenvalue weighted by molar-refractivity contribution is 6.35. The van der Waals surface area contributed by atoms with Gasteiger partial charge in [0.1, 0.15) is 0 Å². The first-order valence-corrected chi connectivity index (χ1v) is 11.1. The van der Waals surface area contributed by atoms with Crippen LogP contribution in [0.15, 0.2) is 42.5 Å².